The number of nitrogens with zero attached hydrogens (tertiary/aromatic N) is 3. The summed E-state index contributed by atoms with van der Waals surface area (Å²) in [6.07, 6.45) is 7.81. The van der Waals surface area contributed by atoms with E-state index >= 15 is 0 Å². The fraction of sp³-hybridized carbons (Fsp3) is 0.444. The van der Waals surface area contributed by atoms with Crippen molar-refractivity contribution in [1.29, 1.82) is 0 Å². The van der Waals surface area contributed by atoms with Crippen molar-refractivity contribution in [3.05, 3.63) is 47.8 Å². The first kappa shape index (κ1) is 15.6. The Morgan fingerprint density at radius 3 is 2.65 bits per heavy atom. The molecule has 5 heteroatoms. The molecule has 0 aliphatic carbocycles. The highest BCUT2D eigenvalue weighted by Crippen LogP contribution is 2.32. The number of hydrogen-bond donors (Lipinski definition) is 0. The average Bonchev–Trinajstić information content (AvgIpc) is 2.87. The van der Waals surface area contributed by atoms with Crippen LogP contribution in [0.4, 0.5) is 0 Å². The number of aromatic nitrogens is 2. The molecule has 1 amide bonds. The van der Waals surface area contributed by atoms with E-state index in [-0.39, 0.29) is 11.9 Å². The SMILES string of the molecule is COc1ccc(C2CCCCCN2C(=O)c2cnn(C)c2)cc1. The fourth-order valence-electron chi connectivity index (χ4n) is 3.22. The molecule has 5 nitrogen and oxygen atoms in total. The summed E-state index contributed by atoms with van der Waals surface area (Å²) in [5, 5.41) is 4.13. The summed E-state index contributed by atoms with van der Waals surface area (Å²) in [7, 11) is 3.50. The van der Waals surface area contributed by atoms with E-state index in [1.54, 1.807) is 24.2 Å². The van der Waals surface area contributed by atoms with Gasteiger partial charge in [-0.15, -0.1) is 0 Å². The van der Waals surface area contributed by atoms with Crippen LogP contribution in [-0.2, 0) is 7.05 Å². The van der Waals surface area contributed by atoms with E-state index in [9.17, 15) is 4.79 Å². The molecule has 1 aliphatic heterocycles. The predicted molar refractivity (Wildman–Crippen MR) is 88.4 cm³/mol. The van der Waals surface area contributed by atoms with Gasteiger partial charge in [-0.1, -0.05) is 25.0 Å². The van der Waals surface area contributed by atoms with Crippen LogP contribution in [0.3, 0.4) is 0 Å². The number of carbonyl (C=O) groups is 1. The summed E-state index contributed by atoms with van der Waals surface area (Å²) < 4.78 is 6.91. The Labute approximate surface area is 136 Å². The summed E-state index contributed by atoms with van der Waals surface area (Å²) in [5.41, 5.74) is 1.83. The first-order chi connectivity index (χ1) is 11.2. The van der Waals surface area contributed by atoms with E-state index in [2.05, 4.69) is 17.2 Å². The lowest BCUT2D eigenvalue weighted by molar-refractivity contribution is 0.0681. The van der Waals surface area contributed by atoms with Gasteiger partial charge >= 0.3 is 0 Å². The number of likely N-dealkylation sites (tertiary alicyclic amines) is 1. The van der Waals surface area contributed by atoms with Crippen molar-refractivity contribution in [2.24, 2.45) is 7.05 Å². The standard InChI is InChI=1S/C18H23N3O2/c1-20-13-15(12-19-20)18(22)21-11-5-3-4-6-17(21)14-7-9-16(23-2)10-8-14/h7-10,12-13,17H,3-6,11H2,1-2H3. The molecule has 1 saturated heterocycles. The number of ether oxygens (including phenoxy) is 1. The van der Waals surface area contributed by atoms with E-state index in [4.69, 9.17) is 4.74 Å². The first-order valence-electron chi connectivity index (χ1n) is 8.12. The predicted octanol–water partition coefficient (Wildman–Crippen LogP) is 3.19. The maximum Gasteiger partial charge on any atom is 0.257 e. The summed E-state index contributed by atoms with van der Waals surface area (Å²) >= 11 is 0. The van der Waals surface area contributed by atoms with Crippen LogP contribution in [0.15, 0.2) is 36.7 Å². The van der Waals surface area contributed by atoms with Crippen LogP contribution >= 0.6 is 0 Å². The van der Waals surface area contributed by atoms with Gasteiger partial charge in [-0.05, 0) is 30.5 Å². The topological polar surface area (TPSA) is 47.4 Å². The van der Waals surface area contributed by atoms with Gasteiger partial charge in [0.1, 0.15) is 5.75 Å². The van der Waals surface area contributed by atoms with Gasteiger partial charge in [0, 0.05) is 19.8 Å². The zero-order chi connectivity index (χ0) is 16.2. The molecule has 3 rings (SSSR count). The van der Waals surface area contributed by atoms with Crippen LogP contribution in [0.2, 0.25) is 0 Å². The highest BCUT2D eigenvalue weighted by molar-refractivity contribution is 5.94. The minimum absolute atomic E-state index is 0.0702. The van der Waals surface area contributed by atoms with Crippen molar-refractivity contribution in [2.75, 3.05) is 13.7 Å². The van der Waals surface area contributed by atoms with Gasteiger partial charge in [-0.2, -0.15) is 5.10 Å². The molecule has 1 aromatic carbocycles. The molecular formula is C18H23N3O2. The molecule has 1 aromatic heterocycles. The Hall–Kier alpha value is -2.30. The highest BCUT2D eigenvalue weighted by atomic mass is 16.5. The van der Waals surface area contributed by atoms with Crippen molar-refractivity contribution in [2.45, 2.75) is 31.7 Å². The molecule has 1 unspecified atom stereocenters. The minimum atomic E-state index is 0.0702. The molecule has 1 fully saturated rings. The van der Waals surface area contributed by atoms with Crippen LogP contribution < -0.4 is 4.74 Å². The van der Waals surface area contributed by atoms with E-state index in [1.165, 1.54) is 12.0 Å². The van der Waals surface area contributed by atoms with Crippen molar-refractivity contribution < 1.29 is 9.53 Å². The van der Waals surface area contributed by atoms with Gasteiger partial charge in [-0.25, -0.2) is 0 Å². The highest BCUT2D eigenvalue weighted by Gasteiger charge is 2.28. The molecule has 2 aromatic rings. The first-order valence-corrected chi connectivity index (χ1v) is 8.12. The zero-order valence-electron chi connectivity index (χ0n) is 13.7. The minimum Gasteiger partial charge on any atom is -0.497 e. The van der Waals surface area contributed by atoms with Gasteiger partial charge in [-0.3, -0.25) is 9.48 Å². The van der Waals surface area contributed by atoms with Crippen LogP contribution in [0.1, 0.15) is 47.6 Å². The zero-order valence-corrected chi connectivity index (χ0v) is 13.7. The Kier molecular flexibility index (Phi) is 4.65. The van der Waals surface area contributed by atoms with Gasteiger partial charge in [0.2, 0.25) is 0 Å². The van der Waals surface area contributed by atoms with Gasteiger partial charge in [0.15, 0.2) is 0 Å². The molecule has 23 heavy (non-hydrogen) atoms. The lowest BCUT2D eigenvalue weighted by Crippen LogP contribution is -2.34. The van der Waals surface area contributed by atoms with E-state index < -0.39 is 0 Å². The van der Waals surface area contributed by atoms with Crippen molar-refractivity contribution in [3.8, 4) is 5.75 Å². The molecular weight excluding hydrogens is 290 g/mol. The number of amides is 1. The molecule has 0 saturated carbocycles. The summed E-state index contributed by atoms with van der Waals surface area (Å²) in [6.45, 7) is 0.796. The quantitative estimate of drug-likeness (QED) is 0.874. The number of hydrogen-bond acceptors (Lipinski definition) is 3. The second-order valence-corrected chi connectivity index (χ2v) is 6.04. The maximum atomic E-state index is 12.9. The van der Waals surface area contributed by atoms with Crippen LogP contribution in [0, 0.1) is 0 Å². The van der Waals surface area contributed by atoms with E-state index in [0.29, 0.717) is 5.56 Å². The van der Waals surface area contributed by atoms with Gasteiger partial charge < -0.3 is 9.64 Å². The Balaban J connectivity index is 1.88. The summed E-state index contributed by atoms with van der Waals surface area (Å²) in [5.74, 6) is 0.910. The number of carbonyl (C=O) groups excluding carboxylic acids is 1. The Morgan fingerprint density at radius 2 is 2.00 bits per heavy atom. The third-order valence-electron chi connectivity index (χ3n) is 4.47. The van der Waals surface area contributed by atoms with Gasteiger partial charge in [0.25, 0.3) is 5.91 Å². The second kappa shape index (κ2) is 6.86. The van der Waals surface area contributed by atoms with Crippen LogP contribution in [0.25, 0.3) is 0 Å². The molecule has 122 valence electrons. The fourth-order valence-corrected chi connectivity index (χ4v) is 3.22. The monoisotopic (exact) mass is 313 g/mol. The number of aryl methyl sites for hydroxylation is 1. The van der Waals surface area contributed by atoms with Crippen molar-refractivity contribution >= 4 is 5.91 Å². The van der Waals surface area contributed by atoms with E-state index in [0.717, 1.165) is 31.6 Å². The Morgan fingerprint density at radius 1 is 1.22 bits per heavy atom. The second-order valence-electron chi connectivity index (χ2n) is 6.04. The molecule has 1 aliphatic rings. The largest absolute Gasteiger partial charge is 0.497 e. The molecule has 0 radical (unpaired) electrons. The lowest BCUT2D eigenvalue weighted by atomic mass is 10.00. The summed E-state index contributed by atoms with van der Waals surface area (Å²) in [4.78, 5) is 14.9. The van der Waals surface area contributed by atoms with Crippen molar-refractivity contribution in [3.63, 3.8) is 0 Å². The van der Waals surface area contributed by atoms with Crippen LogP contribution in [-0.4, -0.2) is 34.2 Å². The van der Waals surface area contributed by atoms with Crippen molar-refractivity contribution in [1.82, 2.24) is 14.7 Å². The smallest absolute Gasteiger partial charge is 0.257 e. The maximum absolute atomic E-state index is 12.9. The molecule has 2 heterocycles. The third kappa shape index (κ3) is 3.38. The summed E-state index contributed by atoms with van der Waals surface area (Å²) in [6, 6.07) is 8.19. The number of benzene rings is 1. The lowest BCUT2D eigenvalue weighted by Gasteiger charge is -2.30. The van der Waals surface area contributed by atoms with Crippen LogP contribution in [0.5, 0.6) is 5.75 Å². The molecule has 0 N–H and O–H groups in total. The normalized spacial score (nSPS) is 18.5. The number of rotatable bonds is 3. The van der Waals surface area contributed by atoms with Gasteiger partial charge in [0.05, 0.1) is 24.9 Å². The molecule has 0 bridgehead atoms. The molecule has 0 spiro atoms. The Bertz CT molecular complexity index is 663. The average molecular weight is 313 g/mol. The molecule has 1 atom stereocenters. The van der Waals surface area contributed by atoms with E-state index in [1.807, 2.05) is 24.1 Å². The third-order valence-corrected chi connectivity index (χ3v) is 4.47. The number of methoxy groups -OCH3 is 1.